The van der Waals surface area contributed by atoms with Crippen LogP contribution in [0.1, 0.15) is 24.1 Å². The number of nitrogens with zero attached hydrogens (tertiary/aromatic N) is 2. The number of ether oxygens (including phenoxy) is 4. The summed E-state index contributed by atoms with van der Waals surface area (Å²) in [4.78, 5) is 31.6. The third kappa shape index (κ3) is 4.70. The van der Waals surface area contributed by atoms with Crippen molar-refractivity contribution in [2.45, 2.75) is 13.0 Å². The van der Waals surface area contributed by atoms with Crippen LogP contribution in [0.3, 0.4) is 0 Å². The molecule has 0 radical (unpaired) electrons. The molecule has 0 aliphatic carbocycles. The molecule has 0 amide bonds. The lowest BCUT2D eigenvalue weighted by molar-refractivity contribution is -0.136. The van der Waals surface area contributed by atoms with E-state index >= 15 is 0 Å². The van der Waals surface area contributed by atoms with Crippen molar-refractivity contribution < 1.29 is 23.7 Å². The van der Waals surface area contributed by atoms with Gasteiger partial charge in [-0.15, -0.1) is 0 Å². The molecule has 0 spiro atoms. The van der Waals surface area contributed by atoms with E-state index in [0.29, 0.717) is 44.4 Å². The van der Waals surface area contributed by atoms with E-state index in [9.17, 15) is 9.59 Å². The lowest BCUT2D eigenvalue weighted by Gasteiger charge is -2.25. The van der Waals surface area contributed by atoms with Crippen LogP contribution in [-0.4, -0.2) is 38.5 Å². The van der Waals surface area contributed by atoms with Crippen LogP contribution in [0.25, 0.3) is 6.08 Å². The number of carbonyl (C=O) groups is 1. The summed E-state index contributed by atoms with van der Waals surface area (Å²) in [6.07, 6.45) is 3.47. The molecule has 4 rings (SSSR count). The van der Waals surface area contributed by atoms with Crippen molar-refractivity contribution in [2.24, 2.45) is 4.99 Å². The monoisotopic (exact) mass is 506 g/mol. The Morgan fingerprint density at radius 3 is 2.47 bits per heavy atom. The van der Waals surface area contributed by atoms with Gasteiger partial charge in [-0.05, 0) is 48.4 Å². The summed E-state index contributed by atoms with van der Waals surface area (Å²) >= 11 is 1.26. The number of allylic oxidation sites excluding steroid dienone is 1. The highest BCUT2D eigenvalue weighted by molar-refractivity contribution is 7.07. The van der Waals surface area contributed by atoms with Crippen molar-refractivity contribution >= 4 is 23.4 Å². The SMILES string of the molecule is C=CCOc1ccc(/C=c2/sc3n(c2=O)[C@@H](c2ccc(OC)c(OC)c2)C(C(=O)OC)=C(C)N=3)cc1. The van der Waals surface area contributed by atoms with Gasteiger partial charge in [-0.3, -0.25) is 9.36 Å². The van der Waals surface area contributed by atoms with Crippen molar-refractivity contribution in [1.29, 1.82) is 0 Å². The Labute approximate surface area is 212 Å². The van der Waals surface area contributed by atoms with Gasteiger partial charge in [-0.25, -0.2) is 9.79 Å². The Morgan fingerprint density at radius 2 is 1.83 bits per heavy atom. The zero-order chi connectivity index (χ0) is 25.8. The highest BCUT2D eigenvalue weighted by Gasteiger charge is 2.33. The van der Waals surface area contributed by atoms with E-state index in [-0.39, 0.29) is 11.1 Å². The minimum Gasteiger partial charge on any atom is -0.493 e. The van der Waals surface area contributed by atoms with Gasteiger partial charge in [-0.2, -0.15) is 0 Å². The summed E-state index contributed by atoms with van der Waals surface area (Å²) in [5, 5.41) is 0. The summed E-state index contributed by atoms with van der Waals surface area (Å²) in [6, 6.07) is 11.9. The molecule has 3 aromatic rings. The Kier molecular flexibility index (Phi) is 7.40. The van der Waals surface area contributed by atoms with Gasteiger partial charge in [-0.1, -0.05) is 42.2 Å². The maximum atomic E-state index is 13.7. The van der Waals surface area contributed by atoms with Gasteiger partial charge in [0.05, 0.1) is 43.2 Å². The third-order valence-electron chi connectivity index (χ3n) is 5.70. The second-order valence-corrected chi connectivity index (χ2v) is 8.87. The molecule has 1 aromatic heterocycles. The van der Waals surface area contributed by atoms with Crippen LogP contribution >= 0.6 is 11.3 Å². The van der Waals surface area contributed by atoms with Gasteiger partial charge >= 0.3 is 5.97 Å². The Balaban J connectivity index is 1.88. The second-order valence-electron chi connectivity index (χ2n) is 7.86. The molecule has 2 heterocycles. The standard InChI is InChI=1S/C27H26N2O6S/c1-6-13-35-19-10-7-17(8-11-19)14-22-25(30)29-24(18-9-12-20(32-3)21(15-18)33-4)23(26(31)34-5)16(2)28-27(29)36-22/h6-12,14-15,24H,1,13H2,2-5H3/b22-14+/t24-/m0/s1. The average molecular weight is 507 g/mol. The number of rotatable bonds is 8. The van der Waals surface area contributed by atoms with Gasteiger partial charge in [0, 0.05) is 0 Å². The number of carbonyl (C=O) groups excluding carboxylic acids is 1. The molecule has 0 saturated carbocycles. The number of hydrogen-bond donors (Lipinski definition) is 0. The topological polar surface area (TPSA) is 88.3 Å². The largest absolute Gasteiger partial charge is 0.493 e. The van der Waals surface area contributed by atoms with Crippen molar-refractivity contribution in [3.8, 4) is 17.2 Å². The normalized spacial score (nSPS) is 15.1. The predicted molar refractivity (Wildman–Crippen MR) is 137 cm³/mol. The molecular weight excluding hydrogens is 480 g/mol. The van der Waals surface area contributed by atoms with Gasteiger partial charge in [0.1, 0.15) is 12.4 Å². The molecule has 9 heteroatoms. The fourth-order valence-corrected chi connectivity index (χ4v) is 5.04. The molecule has 0 unspecified atom stereocenters. The predicted octanol–water partition coefficient (Wildman–Crippen LogP) is 2.99. The number of aromatic nitrogens is 1. The van der Waals surface area contributed by atoms with Gasteiger partial charge in [0.15, 0.2) is 16.3 Å². The van der Waals surface area contributed by atoms with E-state index in [4.69, 9.17) is 18.9 Å². The molecule has 1 aliphatic rings. The van der Waals surface area contributed by atoms with Crippen LogP contribution in [-0.2, 0) is 9.53 Å². The van der Waals surface area contributed by atoms with E-state index < -0.39 is 12.0 Å². The van der Waals surface area contributed by atoms with Gasteiger partial charge in [0.2, 0.25) is 0 Å². The Bertz CT molecular complexity index is 1520. The second kappa shape index (κ2) is 10.7. The summed E-state index contributed by atoms with van der Waals surface area (Å²) in [5.74, 6) is 1.17. The first kappa shape index (κ1) is 25.0. The van der Waals surface area contributed by atoms with E-state index in [0.717, 1.165) is 5.56 Å². The summed E-state index contributed by atoms with van der Waals surface area (Å²) < 4.78 is 23.4. The molecule has 8 nitrogen and oxygen atoms in total. The number of thiazole rings is 1. The third-order valence-corrected chi connectivity index (χ3v) is 6.68. The van der Waals surface area contributed by atoms with Crippen LogP contribution in [0.15, 0.2) is 76.2 Å². The number of fused-ring (bicyclic) bond motifs is 1. The highest BCUT2D eigenvalue weighted by atomic mass is 32.1. The van der Waals surface area contributed by atoms with Crippen molar-refractivity contribution in [2.75, 3.05) is 27.9 Å². The van der Waals surface area contributed by atoms with Crippen molar-refractivity contribution in [1.82, 2.24) is 4.57 Å². The summed E-state index contributed by atoms with van der Waals surface area (Å²) in [6.45, 7) is 5.79. The number of methoxy groups -OCH3 is 3. The van der Waals surface area contributed by atoms with Gasteiger partial charge in [0.25, 0.3) is 5.56 Å². The van der Waals surface area contributed by atoms with Crippen LogP contribution in [0, 0.1) is 0 Å². The van der Waals surface area contributed by atoms with Crippen LogP contribution in [0.2, 0.25) is 0 Å². The van der Waals surface area contributed by atoms with E-state index in [2.05, 4.69) is 11.6 Å². The Hall–Kier alpha value is -4.11. The molecule has 1 atom stereocenters. The molecule has 2 aromatic carbocycles. The van der Waals surface area contributed by atoms with Crippen LogP contribution < -0.4 is 29.1 Å². The fourth-order valence-electron chi connectivity index (χ4n) is 4.00. The molecule has 0 saturated heterocycles. The maximum absolute atomic E-state index is 13.7. The van der Waals surface area contributed by atoms with E-state index in [1.807, 2.05) is 24.3 Å². The van der Waals surface area contributed by atoms with Crippen LogP contribution in [0.5, 0.6) is 17.2 Å². The minimum atomic E-state index is -0.745. The first-order valence-electron chi connectivity index (χ1n) is 11.1. The molecule has 186 valence electrons. The first-order valence-corrected chi connectivity index (χ1v) is 11.9. The highest BCUT2D eigenvalue weighted by Crippen LogP contribution is 2.35. The zero-order valence-electron chi connectivity index (χ0n) is 20.4. The minimum absolute atomic E-state index is 0.264. The summed E-state index contributed by atoms with van der Waals surface area (Å²) in [5.41, 5.74) is 2.00. The quantitative estimate of drug-likeness (QED) is 0.345. The molecular formula is C27H26N2O6S. The molecule has 0 bridgehead atoms. The average Bonchev–Trinajstić information content (AvgIpc) is 3.20. The molecule has 0 fully saturated rings. The zero-order valence-corrected chi connectivity index (χ0v) is 21.3. The smallest absolute Gasteiger partial charge is 0.338 e. The number of hydrogen-bond acceptors (Lipinski definition) is 8. The lowest BCUT2D eigenvalue weighted by Crippen LogP contribution is -2.39. The number of esters is 1. The first-order chi connectivity index (χ1) is 17.4. The Morgan fingerprint density at radius 1 is 1.11 bits per heavy atom. The fraction of sp³-hybridized carbons (Fsp3) is 0.222. The van der Waals surface area contributed by atoms with E-state index in [1.165, 1.54) is 30.1 Å². The van der Waals surface area contributed by atoms with Crippen LogP contribution in [0.4, 0.5) is 0 Å². The van der Waals surface area contributed by atoms with Crippen molar-refractivity contribution in [3.63, 3.8) is 0 Å². The molecule has 0 N–H and O–H groups in total. The lowest BCUT2D eigenvalue weighted by atomic mass is 9.95. The number of benzene rings is 2. The summed E-state index contributed by atoms with van der Waals surface area (Å²) in [7, 11) is 4.38. The van der Waals surface area contributed by atoms with Crippen molar-refractivity contribution in [3.05, 3.63) is 97.2 Å². The van der Waals surface area contributed by atoms with Gasteiger partial charge < -0.3 is 18.9 Å². The molecule has 36 heavy (non-hydrogen) atoms. The maximum Gasteiger partial charge on any atom is 0.338 e. The van der Waals surface area contributed by atoms with E-state index in [1.54, 1.807) is 44.4 Å². The molecule has 1 aliphatic heterocycles.